The molecule has 212 valence electrons. The minimum absolute atomic E-state index is 0.00417. The summed E-state index contributed by atoms with van der Waals surface area (Å²) in [5, 5.41) is 1.54. The number of ether oxygens (including phenoxy) is 1. The van der Waals surface area contributed by atoms with Gasteiger partial charge in [0, 0.05) is 26.6 Å². The van der Waals surface area contributed by atoms with E-state index in [-0.39, 0.29) is 45.6 Å². The number of imide groups is 1. The zero-order chi connectivity index (χ0) is 28.7. The van der Waals surface area contributed by atoms with Gasteiger partial charge in [-0.2, -0.15) is 0 Å². The SMILES string of the molecule is O=C1[C@H]2[C@H]3C[C@@H]([C@@H]2C(=O)N1c1ccc(F)cc1)[C@H]1[C@H](c2ccccc2OCc2cccc(Cl)c2)c2sc(=O)[nH]c2S[C@H]31. The van der Waals surface area contributed by atoms with Gasteiger partial charge in [-0.25, -0.2) is 4.39 Å². The number of thiazole rings is 1. The molecule has 2 saturated carbocycles. The lowest BCUT2D eigenvalue weighted by Crippen LogP contribution is -2.42. The maximum absolute atomic E-state index is 13.9. The summed E-state index contributed by atoms with van der Waals surface area (Å²) in [5.41, 5.74) is 2.33. The number of halogens is 2. The van der Waals surface area contributed by atoms with Crippen LogP contribution in [-0.2, 0) is 16.2 Å². The fraction of sp³-hybridized carbons (Fsp3) is 0.281. The Labute approximate surface area is 253 Å². The zero-order valence-electron chi connectivity index (χ0n) is 22.0. The fourth-order valence-corrected chi connectivity index (χ4v) is 11.0. The van der Waals surface area contributed by atoms with Gasteiger partial charge >= 0.3 is 4.87 Å². The van der Waals surface area contributed by atoms with Gasteiger partial charge in [-0.3, -0.25) is 19.3 Å². The van der Waals surface area contributed by atoms with Crippen LogP contribution in [0.5, 0.6) is 5.75 Å². The number of H-pyrrole nitrogens is 1. The number of hydrogen-bond donors (Lipinski definition) is 1. The van der Waals surface area contributed by atoms with Gasteiger partial charge < -0.3 is 9.72 Å². The van der Waals surface area contributed by atoms with Gasteiger partial charge in [0.25, 0.3) is 0 Å². The number of fused-ring (bicyclic) bond motifs is 9. The van der Waals surface area contributed by atoms with Crippen molar-refractivity contribution in [1.29, 1.82) is 0 Å². The molecule has 4 aromatic rings. The maximum Gasteiger partial charge on any atom is 0.305 e. The van der Waals surface area contributed by atoms with Crippen molar-refractivity contribution in [2.24, 2.45) is 29.6 Å². The van der Waals surface area contributed by atoms with Crippen LogP contribution in [0.1, 0.15) is 28.3 Å². The molecule has 2 aliphatic heterocycles. The number of aromatic amines is 1. The number of amides is 2. The molecule has 10 heteroatoms. The molecule has 8 rings (SSSR count). The van der Waals surface area contributed by atoms with Crippen LogP contribution >= 0.6 is 34.7 Å². The monoisotopic (exact) mass is 618 g/mol. The summed E-state index contributed by atoms with van der Waals surface area (Å²) < 4.78 is 20.0. The van der Waals surface area contributed by atoms with Crippen LogP contribution in [0.4, 0.5) is 10.1 Å². The molecule has 42 heavy (non-hydrogen) atoms. The normalized spacial score (nSPS) is 29.0. The minimum atomic E-state index is -0.436. The van der Waals surface area contributed by atoms with Gasteiger partial charge in [0.05, 0.1) is 22.5 Å². The Balaban J connectivity index is 1.18. The molecule has 4 aliphatic rings. The molecule has 6 nitrogen and oxygen atoms in total. The predicted molar refractivity (Wildman–Crippen MR) is 160 cm³/mol. The van der Waals surface area contributed by atoms with Gasteiger partial charge in [0.2, 0.25) is 11.8 Å². The highest BCUT2D eigenvalue weighted by Gasteiger charge is 2.69. The van der Waals surface area contributed by atoms with Crippen LogP contribution in [0.3, 0.4) is 0 Å². The lowest BCUT2D eigenvalue weighted by molar-refractivity contribution is -0.123. The van der Waals surface area contributed by atoms with E-state index < -0.39 is 17.7 Å². The third kappa shape index (κ3) is 3.93. The lowest BCUT2D eigenvalue weighted by Gasteiger charge is -2.43. The van der Waals surface area contributed by atoms with Crippen molar-refractivity contribution in [2.45, 2.75) is 29.2 Å². The van der Waals surface area contributed by atoms with Crippen molar-refractivity contribution in [2.75, 3.05) is 4.90 Å². The molecule has 3 aromatic carbocycles. The highest BCUT2D eigenvalue weighted by molar-refractivity contribution is 8.00. The van der Waals surface area contributed by atoms with Crippen molar-refractivity contribution >= 4 is 52.2 Å². The first-order chi connectivity index (χ1) is 20.4. The molecule has 2 bridgehead atoms. The molecule has 3 fully saturated rings. The van der Waals surface area contributed by atoms with Crippen LogP contribution in [-0.4, -0.2) is 22.0 Å². The number of nitrogens with one attached hydrogen (secondary N) is 1. The van der Waals surface area contributed by atoms with Gasteiger partial charge in [-0.1, -0.05) is 53.3 Å². The Kier molecular flexibility index (Phi) is 6.14. The maximum atomic E-state index is 13.9. The second-order valence-corrected chi connectivity index (χ2v) is 14.0. The molecule has 7 atom stereocenters. The van der Waals surface area contributed by atoms with Crippen LogP contribution < -0.4 is 14.5 Å². The van der Waals surface area contributed by atoms with E-state index in [1.165, 1.54) is 40.5 Å². The first-order valence-corrected chi connectivity index (χ1v) is 16.0. The summed E-state index contributed by atoms with van der Waals surface area (Å²) in [7, 11) is 0. The number of para-hydroxylation sites is 1. The number of hydrogen-bond acceptors (Lipinski definition) is 6. The summed E-state index contributed by atoms with van der Waals surface area (Å²) >= 11 is 9.06. The predicted octanol–water partition coefficient (Wildman–Crippen LogP) is 6.49. The molecule has 2 aliphatic carbocycles. The van der Waals surface area contributed by atoms with E-state index in [1.807, 2.05) is 42.5 Å². The van der Waals surface area contributed by atoms with E-state index in [1.54, 1.807) is 11.8 Å². The second kappa shape index (κ2) is 9.82. The Bertz CT molecular complexity index is 1810. The summed E-state index contributed by atoms with van der Waals surface area (Å²) in [6, 6.07) is 21.0. The molecular formula is C32H24ClFN2O4S2. The topological polar surface area (TPSA) is 79.5 Å². The van der Waals surface area contributed by atoms with Gasteiger partial charge in [-0.15, -0.1) is 11.8 Å². The lowest BCUT2D eigenvalue weighted by atomic mass is 9.68. The Hall–Kier alpha value is -3.40. The molecular weight excluding hydrogens is 595 g/mol. The summed E-state index contributed by atoms with van der Waals surface area (Å²) in [6.07, 6.45) is 0.785. The van der Waals surface area contributed by atoms with Crippen LogP contribution in [0.15, 0.2) is 82.6 Å². The van der Waals surface area contributed by atoms with Crippen molar-refractivity contribution in [1.82, 2.24) is 4.98 Å². The molecule has 1 saturated heterocycles. The van der Waals surface area contributed by atoms with Crippen LogP contribution in [0, 0.1) is 35.4 Å². The van der Waals surface area contributed by atoms with E-state index in [9.17, 15) is 18.8 Å². The summed E-state index contributed by atoms with van der Waals surface area (Å²) in [5.74, 6) is -1.10. The average molecular weight is 619 g/mol. The van der Waals surface area contributed by atoms with E-state index >= 15 is 0 Å². The van der Waals surface area contributed by atoms with Gasteiger partial charge in [-0.05, 0) is 72.2 Å². The van der Waals surface area contributed by atoms with Crippen molar-refractivity contribution in [3.63, 3.8) is 0 Å². The Morgan fingerprint density at radius 3 is 2.50 bits per heavy atom. The molecule has 3 heterocycles. The Morgan fingerprint density at radius 1 is 0.952 bits per heavy atom. The number of aromatic nitrogens is 1. The number of thioether (sulfide) groups is 1. The molecule has 0 unspecified atom stereocenters. The second-order valence-electron chi connectivity index (χ2n) is 11.4. The first kappa shape index (κ1) is 26.2. The van der Waals surface area contributed by atoms with Crippen LogP contribution in [0.2, 0.25) is 5.02 Å². The van der Waals surface area contributed by atoms with E-state index in [2.05, 4.69) is 11.1 Å². The summed E-state index contributed by atoms with van der Waals surface area (Å²) in [6.45, 7) is 0.333. The number of rotatable bonds is 5. The quantitative estimate of drug-likeness (QED) is 0.259. The molecule has 0 spiro atoms. The average Bonchev–Trinajstić information content (AvgIpc) is 3.72. The molecule has 0 radical (unpaired) electrons. The highest BCUT2D eigenvalue weighted by Crippen LogP contribution is 2.69. The van der Waals surface area contributed by atoms with E-state index in [4.69, 9.17) is 16.3 Å². The minimum Gasteiger partial charge on any atom is -0.489 e. The number of nitrogens with zero attached hydrogens (tertiary/aromatic N) is 1. The molecule has 1 aromatic heterocycles. The first-order valence-electron chi connectivity index (χ1n) is 13.9. The van der Waals surface area contributed by atoms with E-state index in [0.717, 1.165) is 33.2 Å². The van der Waals surface area contributed by atoms with Gasteiger partial charge in [0.1, 0.15) is 18.2 Å². The number of carbonyl (C=O) groups excluding carboxylic acids is 2. The smallest absolute Gasteiger partial charge is 0.305 e. The number of benzene rings is 3. The molecule has 2 amide bonds. The fourth-order valence-electron chi connectivity index (χ4n) is 7.87. The zero-order valence-corrected chi connectivity index (χ0v) is 24.4. The highest BCUT2D eigenvalue weighted by atomic mass is 35.5. The third-order valence-electron chi connectivity index (χ3n) is 9.35. The largest absolute Gasteiger partial charge is 0.489 e. The number of carbonyl (C=O) groups is 2. The number of anilines is 1. The van der Waals surface area contributed by atoms with E-state index in [0.29, 0.717) is 17.3 Å². The van der Waals surface area contributed by atoms with Crippen molar-refractivity contribution < 1.29 is 18.7 Å². The Morgan fingerprint density at radius 2 is 1.71 bits per heavy atom. The summed E-state index contributed by atoms with van der Waals surface area (Å²) in [4.78, 5) is 45.5. The standard InChI is InChI=1S/C32H24ClFN2O4S2/c33-16-5-3-4-15(12-16)14-40-22-7-2-1-6-19(22)23-24-20-13-21(27(24)41-29-28(23)42-32(39)35-29)26-25(20)30(37)36(31(26)38)18-10-8-17(34)9-11-18/h1-12,20-21,23-27H,13-14H2,(H,35,39)/t20-,21-,23+,24+,25+,26+,27-/m1/s1. The molecule has 1 N–H and O–H groups in total. The van der Waals surface area contributed by atoms with Crippen molar-refractivity contribution in [3.8, 4) is 5.75 Å². The third-order valence-corrected chi connectivity index (χ3v) is 12.2. The van der Waals surface area contributed by atoms with Crippen LogP contribution in [0.25, 0.3) is 0 Å². The van der Waals surface area contributed by atoms with Gasteiger partial charge in [0.15, 0.2) is 0 Å². The van der Waals surface area contributed by atoms with Crippen molar-refractivity contribution in [3.05, 3.63) is 109 Å².